The maximum Gasteiger partial charge on any atom is 0.354 e. The highest BCUT2D eigenvalue weighted by molar-refractivity contribution is 5.86. The van der Waals surface area contributed by atoms with Crippen LogP contribution < -0.4 is 5.32 Å². The van der Waals surface area contributed by atoms with Crippen LogP contribution in [-0.2, 0) is 13.0 Å². The molecule has 2 aromatic rings. The first-order valence-corrected chi connectivity index (χ1v) is 5.93. The number of anilines is 1. The molecule has 0 saturated carbocycles. The van der Waals surface area contributed by atoms with Crippen LogP contribution in [0.25, 0.3) is 0 Å². The molecule has 2 heterocycles. The Balaban J connectivity index is 2.15. The van der Waals surface area contributed by atoms with E-state index in [4.69, 9.17) is 5.11 Å². The van der Waals surface area contributed by atoms with Gasteiger partial charge >= 0.3 is 5.97 Å². The number of hydrogen-bond acceptors (Lipinski definition) is 5. The van der Waals surface area contributed by atoms with E-state index in [9.17, 15) is 4.79 Å². The summed E-state index contributed by atoms with van der Waals surface area (Å²) in [4.78, 5) is 23.2. The van der Waals surface area contributed by atoms with Crippen LogP contribution in [0.2, 0.25) is 0 Å². The third-order valence-corrected chi connectivity index (χ3v) is 2.50. The number of aromatic nitrogens is 3. The molecule has 19 heavy (non-hydrogen) atoms. The number of aryl methyl sites for hydroxylation is 1. The lowest BCUT2D eigenvalue weighted by Gasteiger charge is -2.07. The van der Waals surface area contributed by atoms with Gasteiger partial charge in [0.1, 0.15) is 11.6 Å². The molecule has 6 nitrogen and oxygen atoms in total. The first-order valence-electron chi connectivity index (χ1n) is 5.93. The van der Waals surface area contributed by atoms with Gasteiger partial charge in [0.15, 0.2) is 5.69 Å². The zero-order chi connectivity index (χ0) is 13.7. The van der Waals surface area contributed by atoms with Crippen LogP contribution in [0.3, 0.4) is 0 Å². The molecular weight excluding hydrogens is 244 g/mol. The second kappa shape index (κ2) is 5.90. The third-order valence-electron chi connectivity index (χ3n) is 2.50. The number of pyridine rings is 1. The van der Waals surface area contributed by atoms with E-state index >= 15 is 0 Å². The molecule has 0 saturated heterocycles. The van der Waals surface area contributed by atoms with Gasteiger partial charge in [-0.2, -0.15) is 0 Å². The summed E-state index contributed by atoms with van der Waals surface area (Å²) >= 11 is 0. The van der Waals surface area contributed by atoms with Gasteiger partial charge in [0, 0.05) is 31.4 Å². The van der Waals surface area contributed by atoms with Crippen molar-refractivity contribution in [3.05, 3.63) is 47.7 Å². The van der Waals surface area contributed by atoms with Crippen LogP contribution in [0.4, 0.5) is 5.82 Å². The maximum absolute atomic E-state index is 11.0. The number of carboxylic acid groups (broad SMARTS) is 1. The largest absolute Gasteiger partial charge is 0.477 e. The fraction of sp³-hybridized carbons (Fsp3) is 0.231. The second-order valence-electron chi connectivity index (χ2n) is 3.93. The average molecular weight is 258 g/mol. The SMILES string of the molecule is CCc1nc(NCc2cccnc2)cc(C(=O)O)n1. The molecule has 0 aromatic carbocycles. The van der Waals surface area contributed by atoms with Gasteiger partial charge in [-0.1, -0.05) is 13.0 Å². The summed E-state index contributed by atoms with van der Waals surface area (Å²) in [5.41, 5.74) is 0.997. The molecule has 0 aliphatic carbocycles. The summed E-state index contributed by atoms with van der Waals surface area (Å²) in [6.07, 6.45) is 4.03. The van der Waals surface area contributed by atoms with Gasteiger partial charge in [-0.15, -0.1) is 0 Å². The Kier molecular flexibility index (Phi) is 4.02. The maximum atomic E-state index is 11.0. The number of nitrogens with one attached hydrogen (secondary N) is 1. The second-order valence-corrected chi connectivity index (χ2v) is 3.93. The highest BCUT2D eigenvalue weighted by atomic mass is 16.4. The van der Waals surface area contributed by atoms with E-state index in [1.54, 1.807) is 12.4 Å². The van der Waals surface area contributed by atoms with E-state index in [2.05, 4.69) is 20.3 Å². The lowest BCUT2D eigenvalue weighted by Crippen LogP contribution is -2.09. The van der Waals surface area contributed by atoms with Crippen molar-refractivity contribution in [3.8, 4) is 0 Å². The first kappa shape index (κ1) is 12.9. The smallest absolute Gasteiger partial charge is 0.354 e. The van der Waals surface area contributed by atoms with Crippen LogP contribution >= 0.6 is 0 Å². The van der Waals surface area contributed by atoms with Crippen LogP contribution in [0.5, 0.6) is 0 Å². The van der Waals surface area contributed by atoms with Crippen molar-refractivity contribution in [1.82, 2.24) is 15.0 Å². The molecular formula is C13H14N4O2. The van der Waals surface area contributed by atoms with Gasteiger partial charge in [0.05, 0.1) is 0 Å². The predicted octanol–water partition coefficient (Wildman–Crippen LogP) is 1.74. The highest BCUT2D eigenvalue weighted by Crippen LogP contribution is 2.09. The van der Waals surface area contributed by atoms with Gasteiger partial charge < -0.3 is 10.4 Å². The summed E-state index contributed by atoms with van der Waals surface area (Å²) in [6.45, 7) is 2.42. The molecule has 2 aromatic heterocycles. The Bertz CT molecular complexity index is 572. The van der Waals surface area contributed by atoms with E-state index in [1.165, 1.54) is 6.07 Å². The summed E-state index contributed by atoms with van der Waals surface area (Å²) in [5, 5.41) is 12.1. The number of nitrogens with zero attached hydrogens (tertiary/aromatic N) is 3. The fourth-order valence-electron chi connectivity index (χ4n) is 1.55. The highest BCUT2D eigenvalue weighted by Gasteiger charge is 2.09. The molecule has 0 unspecified atom stereocenters. The fourth-order valence-corrected chi connectivity index (χ4v) is 1.55. The van der Waals surface area contributed by atoms with E-state index in [0.717, 1.165) is 5.56 Å². The number of carbonyl (C=O) groups is 1. The third kappa shape index (κ3) is 3.48. The lowest BCUT2D eigenvalue weighted by atomic mass is 10.3. The predicted molar refractivity (Wildman–Crippen MR) is 69.9 cm³/mol. The monoisotopic (exact) mass is 258 g/mol. The van der Waals surface area contributed by atoms with Crippen molar-refractivity contribution in [2.45, 2.75) is 19.9 Å². The first-order chi connectivity index (χ1) is 9.19. The minimum Gasteiger partial charge on any atom is -0.477 e. The van der Waals surface area contributed by atoms with E-state index < -0.39 is 5.97 Å². The Morgan fingerprint density at radius 3 is 2.89 bits per heavy atom. The minimum atomic E-state index is -1.05. The van der Waals surface area contributed by atoms with Crippen LogP contribution in [0.15, 0.2) is 30.6 Å². The quantitative estimate of drug-likeness (QED) is 0.849. The molecule has 0 aliphatic heterocycles. The standard InChI is InChI=1S/C13H14N4O2/c1-2-11-16-10(13(18)19)6-12(17-11)15-8-9-4-3-5-14-7-9/h3-7H,2,8H2,1H3,(H,18,19)(H,15,16,17). The van der Waals surface area contributed by atoms with Crippen LogP contribution in [-0.4, -0.2) is 26.0 Å². The van der Waals surface area contributed by atoms with Gasteiger partial charge in [-0.3, -0.25) is 4.98 Å². The number of hydrogen-bond donors (Lipinski definition) is 2. The van der Waals surface area contributed by atoms with Crippen LogP contribution in [0.1, 0.15) is 28.8 Å². The molecule has 0 spiro atoms. The molecule has 0 aliphatic rings. The van der Waals surface area contributed by atoms with Gasteiger partial charge in [-0.25, -0.2) is 14.8 Å². The Labute approximate surface area is 110 Å². The summed E-state index contributed by atoms with van der Waals surface area (Å²) in [5.74, 6) is -0.0387. The topological polar surface area (TPSA) is 88.0 Å². The average Bonchev–Trinajstić information content (AvgIpc) is 2.45. The molecule has 0 fully saturated rings. The summed E-state index contributed by atoms with van der Waals surface area (Å²) < 4.78 is 0. The lowest BCUT2D eigenvalue weighted by molar-refractivity contribution is 0.0690. The van der Waals surface area contributed by atoms with Crippen molar-refractivity contribution in [3.63, 3.8) is 0 Å². The van der Waals surface area contributed by atoms with E-state index in [0.29, 0.717) is 24.6 Å². The zero-order valence-corrected chi connectivity index (χ0v) is 10.5. The summed E-state index contributed by atoms with van der Waals surface area (Å²) in [6, 6.07) is 5.20. The Morgan fingerprint density at radius 1 is 1.42 bits per heavy atom. The molecule has 6 heteroatoms. The number of carboxylic acids is 1. The van der Waals surface area contributed by atoms with Crippen molar-refractivity contribution < 1.29 is 9.90 Å². The molecule has 0 radical (unpaired) electrons. The van der Waals surface area contributed by atoms with Gasteiger partial charge in [-0.05, 0) is 11.6 Å². The van der Waals surface area contributed by atoms with Crippen molar-refractivity contribution in [2.24, 2.45) is 0 Å². The molecule has 0 bridgehead atoms. The molecule has 0 atom stereocenters. The normalized spacial score (nSPS) is 10.2. The minimum absolute atomic E-state index is 0.000497. The number of rotatable bonds is 5. The van der Waals surface area contributed by atoms with E-state index in [1.807, 2.05) is 19.1 Å². The van der Waals surface area contributed by atoms with Gasteiger partial charge in [0.25, 0.3) is 0 Å². The molecule has 2 N–H and O–H groups in total. The van der Waals surface area contributed by atoms with Crippen molar-refractivity contribution in [2.75, 3.05) is 5.32 Å². The number of aromatic carboxylic acids is 1. The summed E-state index contributed by atoms with van der Waals surface area (Å²) in [7, 11) is 0. The van der Waals surface area contributed by atoms with Crippen molar-refractivity contribution in [1.29, 1.82) is 0 Å². The van der Waals surface area contributed by atoms with E-state index in [-0.39, 0.29) is 5.69 Å². The molecule has 0 amide bonds. The molecule has 2 rings (SSSR count). The Hall–Kier alpha value is -2.50. The van der Waals surface area contributed by atoms with Crippen molar-refractivity contribution >= 4 is 11.8 Å². The molecule has 98 valence electrons. The zero-order valence-electron chi connectivity index (χ0n) is 10.5. The Morgan fingerprint density at radius 2 is 2.26 bits per heavy atom. The van der Waals surface area contributed by atoms with Gasteiger partial charge in [0.2, 0.25) is 0 Å². The van der Waals surface area contributed by atoms with Crippen LogP contribution in [0, 0.1) is 0 Å².